The fourth-order valence-corrected chi connectivity index (χ4v) is 3.48. The maximum absolute atomic E-state index is 13.0. The number of nitrogens with one attached hydrogen (secondary N) is 1. The second-order valence-corrected chi connectivity index (χ2v) is 7.86. The number of amides is 1. The predicted molar refractivity (Wildman–Crippen MR) is 104 cm³/mol. The van der Waals surface area contributed by atoms with Crippen LogP contribution in [0.3, 0.4) is 0 Å². The van der Waals surface area contributed by atoms with Crippen molar-refractivity contribution in [2.75, 3.05) is 18.0 Å². The highest BCUT2D eigenvalue weighted by molar-refractivity contribution is 5.92. The lowest BCUT2D eigenvalue weighted by Crippen LogP contribution is -2.44. The topological polar surface area (TPSA) is 45.2 Å². The Kier molecular flexibility index (Phi) is 5.82. The van der Waals surface area contributed by atoms with Crippen LogP contribution in [0.15, 0.2) is 30.5 Å². The van der Waals surface area contributed by atoms with Gasteiger partial charge in [-0.05, 0) is 43.9 Å². The van der Waals surface area contributed by atoms with Crippen molar-refractivity contribution in [2.24, 2.45) is 11.8 Å². The van der Waals surface area contributed by atoms with Crippen LogP contribution in [-0.4, -0.2) is 30.0 Å². The first-order chi connectivity index (χ1) is 13.2. The molecule has 0 radical (unpaired) electrons. The van der Waals surface area contributed by atoms with E-state index in [-0.39, 0.29) is 17.9 Å². The zero-order chi connectivity index (χ0) is 20.5. The first-order valence-corrected chi connectivity index (χ1v) is 9.68. The molecule has 1 atom stereocenters. The molecule has 1 unspecified atom stereocenters. The van der Waals surface area contributed by atoms with E-state index < -0.39 is 11.7 Å². The van der Waals surface area contributed by atoms with Crippen LogP contribution in [0.25, 0.3) is 10.9 Å². The quantitative estimate of drug-likeness (QED) is 0.824. The van der Waals surface area contributed by atoms with E-state index in [1.54, 1.807) is 6.20 Å². The van der Waals surface area contributed by atoms with Crippen LogP contribution in [0.1, 0.15) is 39.2 Å². The molecule has 1 saturated heterocycles. The molecule has 152 valence electrons. The summed E-state index contributed by atoms with van der Waals surface area (Å²) >= 11 is 0. The Labute approximate surface area is 163 Å². The third-order valence-electron chi connectivity index (χ3n) is 5.62. The third-order valence-corrected chi connectivity index (χ3v) is 5.62. The Balaban J connectivity index is 1.72. The van der Waals surface area contributed by atoms with Gasteiger partial charge in [0, 0.05) is 42.3 Å². The van der Waals surface area contributed by atoms with Gasteiger partial charge in [-0.1, -0.05) is 19.9 Å². The van der Waals surface area contributed by atoms with Gasteiger partial charge in [0.2, 0.25) is 5.91 Å². The van der Waals surface area contributed by atoms with Crippen molar-refractivity contribution in [3.8, 4) is 0 Å². The highest BCUT2D eigenvalue weighted by Gasteiger charge is 2.31. The molecular weight excluding hydrogens is 367 g/mol. The van der Waals surface area contributed by atoms with Crippen molar-refractivity contribution >= 4 is 22.5 Å². The lowest BCUT2D eigenvalue weighted by atomic mass is 9.94. The maximum Gasteiger partial charge on any atom is 0.416 e. The van der Waals surface area contributed by atoms with Crippen molar-refractivity contribution in [2.45, 2.75) is 45.8 Å². The summed E-state index contributed by atoms with van der Waals surface area (Å²) in [5, 5.41) is 3.78. The fraction of sp³-hybridized carbons (Fsp3) is 0.524. The molecule has 1 aliphatic rings. The summed E-state index contributed by atoms with van der Waals surface area (Å²) < 4.78 is 38.9. The number of hydrogen-bond acceptors (Lipinski definition) is 3. The lowest BCUT2D eigenvalue weighted by molar-refractivity contribution is -0.137. The number of hydrogen-bond donors (Lipinski definition) is 1. The van der Waals surface area contributed by atoms with Gasteiger partial charge in [0.25, 0.3) is 0 Å². The summed E-state index contributed by atoms with van der Waals surface area (Å²) in [6.07, 6.45) is -1.40. The minimum absolute atomic E-state index is 0.0256. The Morgan fingerprint density at radius 1 is 1.18 bits per heavy atom. The molecule has 28 heavy (non-hydrogen) atoms. The van der Waals surface area contributed by atoms with Gasteiger partial charge in [0.1, 0.15) is 0 Å². The summed E-state index contributed by atoms with van der Waals surface area (Å²) in [6.45, 7) is 7.54. The minimum atomic E-state index is -4.38. The lowest BCUT2D eigenvalue weighted by Gasteiger charge is -2.34. The van der Waals surface area contributed by atoms with E-state index in [1.165, 1.54) is 6.07 Å². The van der Waals surface area contributed by atoms with Crippen LogP contribution in [0.4, 0.5) is 18.9 Å². The molecule has 0 aliphatic carbocycles. The second-order valence-electron chi connectivity index (χ2n) is 7.86. The summed E-state index contributed by atoms with van der Waals surface area (Å²) in [4.78, 5) is 18.7. The van der Waals surface area contributed by atoms with Gasteiger partial charge in [0.15, 0.2) is 0 Å². The number of benzene rings is 1. The van der Waals surface area contributed by atoms with Crippen molar-refractivity contribution in [1.82, 2.24) is 10.3 Å². The van der Waals surface area contributed by atoms with Gasteiger partial charge < -0.3 is 10.2 Å². The monoisotopic (exact) mass is 393 g/mol. The van der Waals surface area contributed by atoms with Crippen LogP contribution >= 0.6 is 0 Å². The molecule has 0 saturated carbocycles. The van der Waals surface area contributed by atoms with E-state index in [1.807, 2.05) is 13.0 Å². The average molecular weight is 393 g/mol. The van der Waals surface area contributed by atoms with E-state index >= 15 is 0 Å². The molecule has 2 heterocycles. The standard InChI is InChI=1S/C21H26F3N3O/c1-13(2)14(3)26-20(28)15-7-10-27(11-8-15)19-6-9-25-18-12-16(21(22,23)24)4-5-17(18)19/h4-6,9,12-15H,7-8,10-11H2,1-3H3,(H,26,28). The van der Waals surface area contributed by atoms with Crippen LogP contribution in [0.5, 0.6) is 0 Å². The van der Waals surface area contributed by atoms with Crippen LogP contribution in [-0.2, 0) is 11.0 Å². The van der Waals surface area contributed by atoms with Gasteiger partial charge in [-0.3, -0.25) is 9.78 Å². The number of anilines is 1. The Bertz CT molecular complexity index is 842. The molecule has 7 heteroatoms. The van der Waals surface area contributed by atoms with Crippen LogP contribution in [0, 0.1) is 11.8 Å². The van der Waals surface area contributed by atoms with E-state index in [4.69, 9.17) is 0 Å². The highest BCUT2D eigenvalue weighted by atomic mass is 19.4. The van der Waals surface area contributed by atoms with E-state index in [0.717, 1.165) is 30.7 Å². The number of aromatic nitrogens is 1. The van der Waals surface area contributed by atoms with Crippen molar-refractivity contribution in [3.05, 3.63) is 36.0 Å². The highest BCUT2D eigenvalue weighted by Crippen LogP contribution is 2.34. The number of carbonyl (C=O) groups excluding carboxylic acids is 1. The first kappa shape index (κ1) is 20.4. The molecule has 1 amide bonds. The summed E-state index contributed by atoms with van der Waals surface area (Å²) in [6, 6.07) is 5.64. The van der Waals surface area contributed by atoms with E-state index in [0.29, 0.717) is 29.9 Å². The smallest absolute Gasteiger partial charge is 0.371 e. The van der Waals surface area contributed by atoms with Gasteiger partial charge in [-0.15, -0.1) is 0 Å². The predicted octanol–water partition coefficient (Wildman–Crippen LogP) is 4.63. The van der Waals surface area contributed by atoms with Gasteiger partial charge in [-0.25, -0.2) is 0 Å². The largest absolute Gasteiger partial charge is 0.416 e. The third kappa shape index (κ3) is 4.39. The Hall–Kier alpha value is -2.31. The molecule has 1 aromatic heterocycles. The molecule has 1 N–H and O–H groups in total. The molecule has 2 aromatic rings. The van der Waals surface area contributed by atoms with Crippen molar-refractivity contribution < 1.29 is 18.0 Å². The molecule has 1 aliphatic heterocycles. The zero-order valence-corrected chi connectivity index (χ0v) is 16.4. The van der Waals surface area contributed by atoms with Gasteiger partial charge in [0.05, 0.1) is 11.1 Å². The molecule has 0 spiro atoms. The molecule has 3 rings (SSSR count). The number of rotatable bonds is 4. The number of alkyl halides is 3. The van der Waals surface area contributed by atoms with Gasteiger partial charge >= 0.3 is 6.18 Å². The van der Waals surface area contributed by atoms with Crippen LogP contribution in [0.2, 0.25) is 0 Å². The number of pyridine rings is 1. The molecule has 1 fully saturated rings. The summed E-state index contributed by atoms with van der Waals surface area (Å²) in [5.74, 6) is 0.450. The first-order valence-electron chi connectivity index (χ1n) is 9.68. The summed E-state index contributed by atoms with van der Waals surface area (Å²) in [5.41, 5.74) is 0.505. The minimum Gasteiger partial charge on any atom is -0.371 e. The fourth-order valence-electron chi connectivity index (χ4n) is 3.48. The van der Waals surface area contributed by atoms with Gasteiger partial charge in [-0.2, -0.15) is 13.2 Å². The zero-order valence-electron chi connectivity index (χ0n) is 16.4. The van der Waals surface area contributed by atoms with E-state index in [9.17, 15) is 18.0 Å². The number of carbonyl (C=O) groups is 1. The van der Waals surface area contributed by atoms with E-state index in [2.05, 4.69) is 29.0 Å². The molecule has 0 bridgehead atoms. The SMILES string of the molecule is CC(C)C(C)NC(=O)C1CCN(c2ccnc3cc(C(F)(F)F)ccc23)CC1. The second kappa shape index (κ2) is 7.97. The molecule has 1 aromatic carbocycles. The van der Waals surface area contributed by atoms with Crippen molar-refractivity contribution in [1.29, 1.82) is 0 Å². The molecule has 4 nitrogen and oxygen atoms in total. The number of piperidine rings is 1. The number of nitrogens with zero attached hydrogens (tertiary/aromatic N) is 2. The number of halogens is 3. The van der Waals surface area contributed by atoms with Crippen LogP contribution < -0.4 is 10.2 Å². The molecular formula is C21H26F3N3O. The average Bonchev–Trinajstić information content (AvgIpc) is 2.66. The normalized spacial score (nSPS) is 17.2. The Morgan fingerprint density at radius 2 is 1.86 bits per heavy atom. The maximum atomic E-state index is 13.0. The Morgan fingerprint density at radius 3 is 2.46 bits per heavy atom. The van der Waals surface area contributed by atoms with Crippen molar-refractivity contribution in [3.63, 3.8) is 0 Å². The summed E-state index contributed by atoms with van der Waals surface area (Å²) in [7, 11) is 0. The number of fused-ring (bicyclic) bond motifs is 1.